The van der Waals surface area contributed by atoms with Gasteiger partial charge in [-0.05, 0) is 46.5 Å². The molecule has 2 nitrogen and oxygen atoms in total. The van der Waals surface area contributed by atoms with Crippen LogP contribution in [0.5, 0.6) is 0 Å². The first kappa shape index (κ1) is 10.3. The highest BCUT2D eigenvalue weighted by Gasteiger charge is 2.11. The third-order valence-corrected chi connectivity index (χ3v) is 2.59. The monoisotopic (exact) mass is 242 g/mol. The van der Waals surface area contributed by atoms with E-state index in [4.69, 9.17) is 5.11 Å². The molecule has 3 heteroatoms. The van der Waals surface area contributed by atoms with Gasteiger partial charge < -0.3 is 5.11 Å². The van der Waals surface area contributed by atoms with Gasteiger partial charge in [0.1, 0.15) is 0 Å². The summed E-state index contributed by atoms with van der Waals surface area (Å²) in [5, 5.41) is 8.88. The molecule has 13 heavy (non-hydrogen) atoms. The van der Waals surface area contributed by atoms with Crippen molar-refractivity contribution in [1.29, 1.82) is 0 Å². The van der Waals surface area contributed by atoms with E-state index < -0.39 is 5.97 Å². The summed E-state index contributed by atoms with van der Waals surface area (Å²) < 4.78 is 0.664. The Morgan fingerprint density at radius 3 is 2.54 bits per heavy atom. The Labute approximate surface area is 85.7 Å². The molecule has 0 aliphatic carbocycles. The molecular formula is C10H11BrO2. The van der Waals surface area contributed by atoms with Gasteiger partial charge in [-0.3, -0.25) is 0 Å². The number of carboxylic acids is 1. The van der Waals surface area contributed by atoms with Crippen molar-refractivity contribution in [3.63, 3.8) is 0 Å². The molecule has 0 unspecified atom stereocenters. The highest BCUT2D eigenvalue weighted by atomic mass is 79.9. The molecule has 1 rings (SSSR count). The van der Waals surface area contributed by atoms with Crippen molar-refractivity contribution in [3.8, 4) is 0 Å². The fourth-order valence-electron chi connectivity index (χ4n) is 1.29. The van der Waals surface area contributed by atoms with Gasteiger partial charge >= 0.3 is 5.97 Å². The van der Waals surface area contributed by atoms with Gasteiger partial charge in [0.15, 0.2) is 0 Å². The molecule has 0 atom stereocenters. The van der Waals surface area contributed by atoms with Crippen molar-refractivity contribution in [2.45, 2.75) is 20.3 Å². The van der Waals surface area contributed by atoms with Crippen LogP contribution in [0.25, 0.3) is 0 Å². The molecule has 0 aromatic heterocycles. The molecular weight excluding hydrogens is 232 g/mol. The SMILES string of the molecule is CCc1cc(C)c(C(=O)O)c(Br)c1. The lowest BCUT2D eigenvalue weighted by molar-refractivity contribution is 0.0695. The molecule has 1 aromatic carbocycles. The molecule has 0 radical (unpaired) electrons. The number of carboxylic acid groups (broad SMARTS) is 1. The van der Waals surface area contributed by atoms with E-state index >= 15 is 0 Å². The lowest BCUT2D eigenvalue weighted by Gasteiger charge is -2.06. The minimum atomic E-state index is -0.882. The molecule has 0 aliphatic rings. The van der Waals surface area contributed by atoms with Crippen molar-refractivity contribution in [2.75, 3.05) is 0 Å². The Hall–Kier alpha value is -0.830. The predicted octanol–water partition coefficient (Wildman–Crippen LogP) is 3.02. The number of carbonyl (C=O) groups is 1. The average Bonchev–Trinajstić information content (AvgIpc) is 2.02. The molecule has 0 fully saturated rings. The molecule has 1 aromatic rings. The Kier molecular flexibility index (Phi) is 3.09. The first-order valence-corrected chi connectivity index (χ1v) is 4.88. The van der Waals surface area contributed by atoms with Crippen molar-refractivity contribution in [3.05, 3.63) is 33.3 Å². The van der Waals surface area contributed by atoms with Gasteiger partial charge in [0, 0.05) is 4.47 Å². The fraction of sp³-hybridized carbons (Fsp3) is 0.300. The summed E-state index contributed by atoms with van der Waals surface area (Å²) in [6.45, 7) is 3.86. The normalized spacial score (nSPS) is 10.1. The number of benzene rings is 1. The maximum absolute atomic E-state index is 10.8. The Balaban J connectivity index is 3.31. The highest BCUT2D eigenvalue weighted by molar-refractivity contribution is 9.10. The van der Waals surface area contributed by atoms with Crippen LogP contribution < -0.4 is 0 Å². The summed E-state index contributed by atoms with van der Waals surface area (Å²) in [6.07, 6.45) is 0.916. The van der Waals surface area contributed by atoms with Crippen molar-refractivity contribution < 1.29 is 9.90 Å². The largest absolute Gasteiger partial charge is 0.478 e. The molecule has 0 saturated carbocycles. The fourth-order valence-corrected chi connectivity index (χ4v) is 2.07. The topological polar surface area (TPSA) is 37.3 Å². The van der Waals surface area contributed by atoms with Crippen LogP contribution >= 0.6 is 15.9 Å². The number of rotatable bonds is 2. The summed E-state index contributed by atoms with van der Waals surface area (Å²) in [4.78, 5) is 10.8. The Morgan fingerprint density at radius 1 is 1.54 bits per heavy atom. The zero-order chi connectivity index (χ0) is 10.0. The maximum Gasteiger partial charge on any atom is 0.337 e. The van der Waals surface area contributed by atoms with E-state index in [-0.39, 0.29) is 0 Å². The number of aryl methyl sites for hydroxylation is 2. The van der Waals surface area contributed by atoms with Crippen LogP contribution in [0.15, 0.2) is 16.6 Å². The second-order valence-electron chi connectivity index (χ2n) is 2.93. The predicted molar refractivity (Wildman–Crippen MR) is 55.2 cm³/mol. The second-order valence-corrected chi connectivity index (χ2v) is 3.78. The zero-order valence-corrected chi connectivity index (χ0v) is 9.18. The number of halogens is 1. The minimum absolute atomic E-state index is 0.359. The van der Waals surface area contributed by atoms with Gasteiger partial charge in [-0.25, -0.2) is 4.79 Å². The summed E-state index contributed by atoms with van der Waals surface area (Å²) in [5.74, 6) is -0.882. The van der Waals surface area contributed by atoms with E-state index in [0.29, 0.717) is 10.0 Å². The first-order chi connectivity index (χ1) is 6.06. The smallest absolute Gasteiger partial charge is 0.337 e. The van der Waals surface area contributed by atoms with Crippen LogP contribution in [0.4, 0.5) is 0 Å². The zero-order valence-electron chi connectivity index (χ0n) is 7.60. The second kappa shape index (κ2) is 3.92. The molecule has 70 valence electrons. The molecule has 0 bridgehead atoms. The molecule has 1 N–H and O–H groups in total. The number of aromatic carboxylic acids is 1. The van der Waals surface area contributed by atoms with Gasteiger partial charge in [-0.15, -0.1) is 0 Å². The average molecular weight is 243 g/mol. The van der Waals surface area contributed by atoms with E-state index in [9.17, 15) is 4.79 Å². The third-order valence-electron chi connectivity index (χ3n) is 1.97. The molecule has 0 amide bonds. The molecule has 0 heterocycles. The van der Waals surface area contributed by atoms with E-state index in [2.05, 4.69) is 15.9 Å². The van der Waals surface area contributed by atoms with Crippen LogP contribution in [0.3, 0.4) is 0 Å². The number of hydrogen-bond acceptors (Lipinski definition) is 1. The van der Waals surface area contributed by atoms with Gasteiger partial charge in [0.2, 0.25) is 0 Å². The third kappa shape index (κ3) is 2.10. The summed E-state index contributed by atoms with van der Waals surface area (Å²) >= 11 is 3.26. The van der Waals surface area contributed by atoms with Crippen LogP contribution in [0.2, 0.25) is 0 Å². The van der Waals surface area contributed by atoms with Gasteiger partial charge in [-0.2, -0.15) is 0 Å². The Bertz CT molecular complexity index is 322. The van der Waals surface area contributed by atoms with Crippen LogP contribution in [-0.2, 0) is 6.42 Å². The van der Waals surface area contributed by atoms with Gasteiger partial charge in [0.05, 0.1) is 5.56 Å². The molecule has 0 spiro atoms. The van der Waals surface area contributed by atoms with Crippen LogP contribution in [0.1, 0.15) is 28.4 Å². The van der Waals surface area contributed by atoms with Crippen molar-refractivity contribution >= 4 is 21.9 Å². The van der Waals surface area contributed by atoms with E-state index in [1.54, 1.807) is 0 Å². The van der Waals surface area contributed by atoms with Crippen LogP contribution in [0, 0.1) is 6.92 Å². The van der Waals surface area contributed by atoms with Gasteiger partial charge in [0.25, 0.3) is 0 Å². The highest BCUT2D eigenvalue weighted by Crippen LogP contribution is 2.22. The summed E-state index contributed by atoms with van der Waals surface area (Å²) in [7, 11) is 0. The maximum atomic E-state index is 10.8. The lowest BCUT2D eigenvalue weighted by Crippen LogP contribution is -2.02. The van der Waals surface area contributed by atoms with Crippen molar-refractivity contribution in [1.82, 2.24) is 0 Å². The van der Waals surface area contributed by atoms with E-state index in [1.807, 2.05) is 26.0 Å². The Morgan fingerprint density at radius 2 is 2.15 bits per heavy atom. The van der Waals surface area contributed by atoms with E-state index in [1.165, 1.54) is 0 Å². The standard InChI is InChI=1S/C10H11BrO2/c1-3-7-4-6(2)9(10(12)13)8(11)5-7/h4-5H,3H2,1-2H3,(H,12,13). The summed E-state index contributed by atoms with van der Waals surface area (Å²) in [5.41, 5.74) is 2.31. The number of hydrogen-bond donors (Lipinski definition) is 1. The molecule has 0 saturated heterocycles. The minimum Gasteiger partial charge on any atom is -0.478 e. The molecule has 0 aliphatic heterocycles. The quantitative estimate of drug-likeness (QED) is 0.866. The lowest BCUT2D eigenvalue weighted by atomic mass is 10.0. The van der Waals surface area contributed by atoms with Crippen molar-refractivity contribution in [2.24, 2.45) is 0 Å². The van der Waals surface area contributed by atoms with E-state index in [0.717, 1.165) is 17.5 Å². The summed E-state index contributed by atoms with van der Waals surface area (Å²) in [6, 6.07) is 3.77. The van der Waals surface area contributed by atoms with Crippen LogP contribution in [-0.4, -0.2) is 11.1 Å². The van der Waals surface area contributed by atoms with Gasteiger partial charge in [-0.1, -0.05) is 13.0 Å². The first-order valence-electron chi connectivity index (χ1n) is 4.08.